The molecule has 0 aliphatic heterocycles. The van der Waals surface area contributed by atoms with Crippen molar-refractivity contribution in [3.8, 4) is 0 Å². The molecule has 3 nitrogen and oxygen atoms in total. The van der Waals surface area contributed by atoms with Crippen molar-refractivity contribution in [3.05, 3.63) is 59.1 Å². The van der Waals surface area contributed by atoms with Gasteiger partial charge in [-0.05, 0) is 36.2 Å². The molecule has 3 rings (SSSR count). The number of hydrogen-bond acceptors (Lipinski definition) is 2. The molecule has 0 atom stereocenters. The molecule has 21 heavy (non-hydrogen) atoms. The first-order valence-corrected chi connectivity index (χ1v) is 7.59. The highest BCUT2D eigenvalue weighted by Gasteiger charge is 2.09. The Bertz CT molecular complexity index is 731. The van der Waals surface area contributed by atoms with Crippen LogP contribution in [0.5, 0.6) is 0 Å². The summed E-state index contributed by atoms with van der Waals surface area (Å²) in [7, 11) is 0. The molecule has 0 bridgehead atoms. The van der Waals surface area contributed by atoms with Crippen molar-refractivity contribution >= 4 is 28.6 Å². The van der Waals surface area contributed by atoms with Crippen molar-refractivity contribution in [1.29, 1.82) is 0 Å². The number of aryl methyl sites for hydroxylation is 1. The molecule has 0 aliphatic carbocycles. The van der Waals surface area contributed by atoms with E-state index in [2.05, 4.69) is 40.0 Å². The van der Waals surface area contributed by atoms with Gasteiger partial charge in [-0.1, -0.05) is 42.8 Å². The zero-order chi connectivity index (χ0) is 14.7. The predicted octanol–water partition coefficient (Wildman–Crippen LogP) is 4.71. The molecule has 1 heterocycles. The third kappa shape index (κ3) is 3.03. The van der Waals surface area contributed by atoms with Crippen molar-refractivity contribution in [2.75, 3.05) is 5.32 Å². The van der Waals surface area contributed by atoms with E-state index < -0.39 is 0 Å². The lowest BCUT2D eigenvalue weighted by Crippen LogP contribution is -2.07. The summed E-state index contributed by atoms with van der Waals surface area (Å²) >= 11 is 5.91. The molecule has 0 saturated heterocycles. The van der Waals surface area contributed by atoms with Gasteiger partial charge in [-0.25, -0.2) is 4.98 Å². The van der Waals surface area contributed by atoms with Crippen LogP contribution < -0.4 is 5.32 Å². The molecule has 3 aromatic rings. The average molecular weight is 300 g/mol. The fourth-order valence-electron chi connectivity index (χ4n) is 2.44. The number of benzene rings is 2. The fraction of sp³-hybridized carbons (Fsp3) is 0.235. The molecule has 0 aliphatic rings. The Hall–Kier alpha value is -2.00. The smallest absolute Gasteiger partial charge is 0.204 e. The minimum atomic E-state index is 0.740. The van der Waals surface area contributed by atoms with Crippen LogP contribution in [-0.2, 0) is 13.1 Å². The topological polar surface area (TPSA) is 29.9 Å². The van der Waals surface area contributed by atoms with Crippen molar-refractivity contribution < 1.29 is 0 Å². The molecule has 0 radical (unpaired) electrons. The maximum atomic E-state index is 5.91. The molecule has 0 saturated carbocycles. The third-order valence-corrected chi connectivity index (χ3v) is 3.72. The van der Waals surface area contributed by atoms with Crippen LogP contribution in [0.25, 0.3) is 11.0 Å². The number of anilines is 1. The van der Waals surface area contributed by atoms with Gasteiger partial charge in [0.1, 0.15) is 0 Å². The molecule has 1 aromatic heterocycles. The predicted molar refractivity (Wildman–Crippen MR) is 88.8 cm³/mol. The lowest BCUT2D eigenvalue weighted by molar-refractivity contribution is 0.700. The second-order valence-corrected chi connectivity index (χ2v) is 5.49. The zero-order valence-corrected chi connectivity index (χ0v) is 12.8. The van der Waals surface area contributed by atoms with Gasteiger partial charge in [0.25, 0.3) is 0 Å². The normalized spacial score (nSPS) is 11.0. The second-order valence-electron chi connectivity index (χ2n) is 5.06. The van der Waals surface area contributed by atoms with Crippen molar-refractivity contribution in [3.63, 3.8) is 0 Å². The van der Waals surface area contributed by atoms with Gasteiger partial charge < -0.3 is 9.88 Å². The Morgan fingerprint density at radius 1 is 1.10 bits per heavy atom. The first-order chi connectivity index (χ1) is 10.3. The number of nitrogens with zero attached hydrogens (tertiary/aromatic N) is 2. The van der Waals surface area contributed by atoms with Gasteiger partial charge in [-0.2, -0.15) is 0 Å². The maximum Gasteiger partial charge on any atom is 0.204 e. The second kappa shape index (κ2) is 6.19. The van der Waals surface area contributed by atoms with E-state index >= 15 is 0 Å². The lowest BCUT2D eigenvalue weighted by atomic mass is 10.2. The van der Waals surface area contributed by atoms with E-state index in [1.165, 1.54) is 11.1 Å². The zero-order valence-electron chi connectivity index (χ0n) is 12.0. The summed E-state index contributed by atoms with van der Waals surface area (Å²) < 4.78 is 2.24. The first kappa shape index (κ1) is 14.0. The van der Waals surface area contributed by atoms with Gasteiger partial charge >= 0.3 is 0 Å². The summed E-state index contributed by atoms with van der Waals surface area (Å²) in [5.74, 6) is 0.924. The van der Waals surface area contributed by atoms with Gasteiger partial charge in [0.2, 0.25) is 5.95 Å². The molecular formula is C17H18ClN3. The highest BCUT2D eigenvalue weighted by atomic mass is 35.5. The van der Waals surface area contributed by atoms with Crippen LogP contribution in [0.2, 0.25) is 5.02 Å². The fourth-order valence-corrected chi connectivity index (χ4v) is 2.57. The lowest BCUT2D eigenvalue weighted by Gasteiger charge is -2.10. The van der Waals surface area contributed by atoms with Crippen molar-refractivity contribution in [2.24, 2.45) is 0 Å². The van der Waals surface area contributed by atoms with Crippen LogP contribution >= 0.6 is 11.6 Å². The van der Waals surface area contributed by atoms with E-state index in [0.717, 1.165) is 36.0 Å². The summed E-state index contributed by atoms with van der Waals surface area (Å²) in [4.78, 5) is 4.69. The van der Waals surface area contributed by atoms with Crippen LogP contribution in [0.3, 0.4) is 0 Å². The molecular weight excluding hydrogens is 282 g/mol. The van der Waals surface area contributed by atoms with Gasteiger partial charge in [-0.3, -0.25) is 0 Å². The largest absolute Gasteiger partial charge is 0.352 e. The number of halogens is 1. The summed E-state index contributed by atoms with van der Waals surface area (Å²) in [5, 5.41) is 4.19. The Labute approximate surface area is 129 Å². The Morgan fingerprint density at radius 3 is 2.62 bits per heavy atom. The average Bonchev–Trinajstić information content (AvgIpc) is 2.85. The van der Waals surface area contributed by atoms with E-state index in [9.17, 15) is 0 Å². The number of aromatic nitrogens is 2. The standard InChI is InChI=1S/C17H18ClN3/c1-2-11-21-16-6-4-3-5-15(16)20-17(21)19-12-13-7-9-14(18)10-8-13/h3-10H,2,11-12H2,1H3,(H,19,20). The Morgan fingerprint density at radius 2 is 1.86 bits per heavy atom. The van der Waals surface area contributed by atoms with E-state index in [-0.39, 0.29) is 0 Å². The molecule has 0 spiro atoms. The molecule has 0 fully saturated rings. The summed E-state index contributed by atoms with van der Waals surface area (Å²) in [5.41, 5.74) is 3.40. The monoisotopic (exact) mass is 299 g/mol. The molecule has 1 N–H and O–H groups in total. The van der Waals surface area contributed by atoms with E-state index in [1.54, 1.807) is 0 Å². The van der Waals surface area contributed by atoms with Crippen LogP contribution in [0, 0.1) is 0 Å². The van der Waals surface area contributed by atoms with E-state index in [1.807, 2.05) is 30.3 Å². The molecule has 2 aromatic carbocycles. The van der Waals surface area contributed by atoms with Crippen LogP contribution in [0.1, 0.15) is 18.9 Å². The van der Waals surface area contributed by atoms with Gasteiger partial charge in [0.05, 0.1) is 11.0 Å². The van der Waals surface area contributed by atoms with Gasteiger partial charge in [-0.15, -0.1) is 0 Å². The van der Waals surface area contributed by atoms with Crippen LogP contribution in [0.15, 0.2) is 48.5 Å². The minimum Gasteiger partial charge on any atom is -0.352 e. The van der Waals surface area contributed by atoms with E-state index in [4.69, 9.17) is 11.6 Å². The minimum absolute atomic E-state index is 0.740. The number of nitrogens with one attached hydrogen (secondary N) is 1. The first-order valence-electron chi connectivity index (χ1n) is 7.21. The number of imidazole rings is 1. The van der Waals surface area contributed by atoms with Crippen molar-refractivity contribution in [2.45, 2.75) is 26.4 Å². The highest BCUT2D eigenvalue weighted by molar-refractivity contribution is 6.30. The number of para-hydroxylation sites is 2. The Balaban J connectivity index is 1.85. The molecule has 108 valence electrons. The summed E-state index contributed by atoms with van der Waals surface area (Å²) in [6.07, 6.45) is 1.08. The third-order valence-electron chi connectivity index (χ3n) is 3.47. The highest BCUT2D eigenvalue weighted by Crippen LogP contribution is 2.20. The quantitative estimate of drug-likeness (QED) is 0.739. The van der Waals surface area contributed by atoms with Gasteiger partial charge in [0.15, 0.2) is 0 Å². The summed E-state index contributed by atoms with van der Waals surface area (Å²) in [6, 6.07) is 16.1. The van der Waals surface area contributed by atoms with Crippen LogP contribution in [-0.4, -0.2) is 9.55 Å². The number of fused-ring (bicyclic) bond motifs is 1. The van der Waals surface area contributed by atoms with Crippen molar-refractivity contribution in [1.82, 2.24) is 9.55 Å². The Kier molecular flexibility index (Phi) is 4.11. The molecule has 0 amide bonds. The van der Waals surface area contributed by atoms with Crippen LogP contribution in [0.4, 0.5) is 5.95 Å². The van der Waals surface area contributed by atoms with E-state index in [0.29, 0.717) is 0 Å². The maximum absolute atomic E-state index is 5.91. The number of rotatable bonds is 5. The van der Waals surface area contributed by atoms with Gasteiger partial charge in [0, 0.05) is 18.1 Å². The SMILES string of the molecule is CCCn1c(NCc2ccc(Cl)cc2)nc2ccccc21. The summed E-state index contributed by atoms with van der Waals surface area (Å²) in [6.45, 7) is 3.88. The molecule has 4 heteroatoms. The molecule has 0 unspecified atom stereocenters. The number of hydrogen-bond donors (Lipinski definition) is 1.